The molecule has 25 heavy (non-hydrogen) atoms. The molecule has 2 saturated carbocycles. The number of ether oxygens (including phenoxy) is 1. The Balaban J connectivity index is 2.10. The molecular weight excluding hydrogens is 316 g/mol. The van der Waals surface area contributed by atoms with Gasteiger partial charge in [-0.15, -0.1) is 0 Å². The van der Waals surface area contributed by atoms with E-state index >= 15 is 0 Å². The number of esters is 1. The van der Waals surface area contributed by atoms with Crippen molar-refractivity contribution in [2.24, 2.45) is 29.1 Å². The van der Waals surface area contributed by atoms with E-state index in [4.69, 9.17) is 4.74 Å². The molecule has 4 atom stereocenters. The summed E-state index contributed by atoms with van der Waals surface area (Å²) < 4.78 is 6.03. The van der Waals surface area contributed by atoms with Crippen LogP contribution in [0.1, 0.15) is 85.5 Å². The molecule has 2 aliphatic carbocycles. The number of carboxylic acids is 1. The first-order valence-corrected chi connectivity index (χ1v) is 10.1. The molecular formula is C21H36O4. The first-order chi connectivity index (χ1) is 11.7. The molecule has 0 aromatic carbocycles. The molecule has 0 spiro atoms. The zero-order chi connectivity index (χ0) is 18.6. The summed E-state index contributed by atoms with van der Waals surface area (Å²) in [4.78, 5) is 24.6. The van der Waals surface area contributed by atoms with Crippen LogP contribution in [0.15, 0.2) is 0 Å². The zero-order valence-electron chi connectivity index (χ0n) is 16.4. The number of rotatable bonds is 5. The Morgan fingerprint density at radius 1 is 1.04 bits per heavy atom. The van der Waals surface area contributed by atoms with Crippen molar-refractivity contribution in [3.63, 3.8) is 0 Å². The van der Waals surface area contributed by atoms with Gasteiger partial charge in [0.15, 0.2) is 0 Å². The highest BCUT2D eigenvalue weighted by atomic mass is 16.5. The van der Waals surface area contributed by atoms with E-state index in [0.29, 0.717) is 12.3 Å². The van der Waals surface area contributed by atoms with E-state index in [-0.39, 0.29) is 23.4 Å². The van der Waals surface area contributed by atoms with Crippen LogP contribution < -0.4 is 0 Å². The molecule has 4 nitrogen and oxygen atoms in total. The smallest absolute Gasteiger partial charge is 0.310 e. The third-order valence-electron chi connectivity index (χ3n) is 6.07. The van der Waals surface area contributed by atoms with Crippen molar-refractivity contribution >= 4 is 11.9 Å². The van der Waals surface area contributed by atoms with Gasteiger partial charge in [0.1, 0.15) is 6.10 Å². The molecule has 0 radical (unpaired) electrons. The van der Waals surface area contributed by atoms with Crippen LogP contribution in [0.4, 0.5) is 0 Å². The lowest BCUT2D eigenvalue weighted by atomic mass is 9.72. The van der Waals surface area contributed by atoms with Crippen LogP contribution in [-0.2, 0) is 14.3 Å². The summed E-state index contributed by atoms with van der Waals surface area (Å²) in [5, 5.41) is 9.59. The molecule has 2 aliphatic rings. The van der Waals surface area contributed by atoms with Gasteiger partial charge in [0, 0.05) is 0 Å². The van der Waals surface area contributed by atoms with Gasteiger partial charge in [-0.2, -0.15) is 0 Å². The minimum Gasteiger partial charge on any atom is -0.481 e. The van der Waals surface area contributed by atoms with E-state index in [0.717, 1.165) is 32.1 Å². The second-order valence-corrected chi connectivity index (χ2v) is 9.52. The van der Waals surface area contributed by atoms with Gasteiger partial charge in [-0.1, -0.05) is 53.4 Å². The summed E-state index contributed by atoms with van der Waals surface area (Å²) in [7, 11) is 0. The van der Waals surface area contributed by atoms with E-state index in [1.165, 1.54) is 19.3 Å². The number of carbonyl (C=O) groups excluding carboxylic acids is 1. The molecule has 0 aliphatic heterocycles. The van der Waals surface area contributed by atoms with Crippen LogP contribution >= 0.6 is 0 Å². The maximum atomic E-state index is 12.9. The fraction of sp³-hybridized carbons (Fsp3) is 0.905. The van der Waals surface area contributed by atoms with Gasteiger partial charge in [-0.05, 0) is 49.4 Å². The molecule has 4 unspecified atom stereocenters. The number of hydrogen-bond donors (Lipinski definition) is 1. The van der Waals surface area contributed by atoms with Crippen LogP contribution in [0.2, 0.25) is 0 Å². The zero-order valence-corrected chi connectivity index (χ0v) is 16.4. The Morgan fingerprint density at radius 2 is 1.68 bits per heavy atom. The largest absolute Gasteiger partial charge is 0.481 e. The number of carbonyl (C=O) groups is 2. The van der Waals surface area contributed by atoms with Crippen LogP contribution in [0, 0.1) is 29.1 Å². The molecule has 144 valence electrons. The van der Waals surface area contributed by atoms with Gasteiger partial charge in [0.05, 0.1) is 11.8 Å². The van der Waals surface area contributed by atoms with Crippen molar-refractivity contribution in [3.8, 4) is 0 Å². The fourth-order valence-electron chi connectivity index (χ4n) is 4.75. The summed E-state index contributed by atoms with van der Waals surface area (Å²) in [5.41, 5.74) is 0.0917. The predicted octanol–water partition coefficient (Wildman–Crippen LogP) is 5.05. The Labute approximate surface area is 152 Å². The van der Waals surface area contributed by atoms with Crippen LogP contribution in [0.25, 0.3) is 0 Å². The maximum absolute atomic E-state index is 12.9. The molecule has 0 heterocycles. The average Bonchev–Trinajstić information content (AvgIpc) is 2.53. The quantitative estimate of drug-likeness (QED) is 0.703. The third-order valence-corrected chi connectivity index (χ3v) is 6.07. The number of hydrogen-bond acceptors (Lipinski definition) is 3. The first-order valence-electron chi connectivity index (χ1n) is 10.1. The van der Waals surface area contributed by atoms with Gasteiger partial charge in [-0.25, -0.2) is 0 Å². The van der Waals surface area contributed by atoms with Crippen LogP contribution in [-0.4, -0.2) is 23.1 Å². The van der Waals surface area contributed by atoms with Gasteiger partial charge in [-0.3, -0.25) is 9.59 Å². The summed E-state index contributed by atoms with van der Waals surface area (Å²) in [6.45, 7) is 8.49. The second kappa shape index (κ2) is 8.55. The molecule has 0 amide bonds. The Morgan fingerprint density at radius 3 is 2.24 bits per heavy atom. The highest BCUT2D eigenvalue weighted by Gasteiger charge is 2.42. The van der Waals surface area contributed by atoms with Crippen LogP contribution in [0.5, 0.6) is 0 Å². The average molecular weight is 353 g/mol. The molecule has 0 saturated heterocycles. The third kappa shape index (κ3) is 5.72. The van der Waals surface area contributed by atoms with E-state index in [1.807, 2.05) is 6.92 Å². The lowest BCUT2D eigenvalue weighted by Gasteiger charge is -2.37. The molecule has 2 fully saturated rings. The lowest BCUT2D eigenvalue weighted by molar-refractivity contribution is -0.169. The SMILES string of the molecule is CC1CCCC(C(=O)OC(CC(C)(C)C)C2CCCCC2)C1C(=O)O. The van der Waals surface area contributed by atoms with E-state index in [1.54, 1.807) is 0 Å². The number of carboxylic acid groups (broad SMARTS) is 1. The number of aliphatic carboxylic acids is 1. The van der Waals surface area contributed by atoms with E-state index in [9.17, 15) is 14.7 Å². The molecule has 0 aromatic heterocycles. The highest BCUT2D eigenvalue weighted by molar-refractivity contribution is 5.81. The molecule has 2 rings (SSSR count). The van der Waals surface area contributed by atoms with Crippen molar-refractivity contribution in [1.29, 1.82) is 0 Å². The van der Waals surface area contributed by atoms with Gasteiger partial charge >= 0.3 is 11.9 Å². The monoisotopic (exact) mass is 352 g/mol. The Hall–Kier alpha value is -1.06. The summed E-state index contributed by atoms with van der Waals surface area (Å²) >= 11 is 0. The molecule has 4 heteroatoms. The van der Waals surface area contributed by atoms with Crippen molar-refractivity contribution < 1.29 is 19.4 Å². The molecule has 0 aromatic rings. The van der Waals surface area contributed by atoms with Crippen molar-refractivity contribution in [2.45, 2.75) is 91.6 Å². The fourth-order valence-corrected chi connectivity index (χ4v) is 4.75. The summed E-state index contributed by atoms with van der Waals surface area (Å²) in [5.74, 6) is -1.71. The highest BCUT2D eigenvalue weighted by Crippen LogP contribution is 2.38. The van der Waals surface area contributed by atoms with Gasteiger partial charge < -0.3 is 9.84 Å². The van der Waals surface area contributed by atoms with Crippen molar-refractivity contribution in [2.75, 3.05) is 0 Å². The normalized spacial score (nSPS) is 29.8. The Bertz CT molecular complexity index is 459. The molecule has 0 bridgehead atoms. The maximum Gasteiger partial charge on any atom is 0.310 e. The van der Waals surface area contributed by atoms with Gasteiger partial charge in [0.2, 0.25) is 0 Å². The van der Waals surface area contributed by atoms with E-state index in [2.05, 4.69) is 20.8 Å². The summed E-state index contributed by atoms with van der Waals surface area (Å²) in [6, 6.07) is 0. The van der Waals surface area contributed by atoms with Crippen LogP contribution in [0.3, 0.4) is 0 Å². The lowest BCUT2D eigenvalue weighted by Crippen LogP contribution is -2.41. The summed E-state index contributed by atoms with van der Waals surface area (Å²) in [6.07, 6.45) is 9.16. The van der Waals surface area contributed by atoms with Crippen molar-refractivity contribution in [1.82, 2.24) is 0 Å². The first kappa shape index (κ1) is 20.3. The molecule has 1 N–H and O–H groups in total. The minimum absolute atomic E-state index is 0.0412. The van der Waals surface area contributed by atoms with Crippen molar-refractivity contribution in [3.05, 3.63) is 0 Å². The minimum atomic E-state index is -0.848. The predicted molar refractivity (Wildman–Crippen MR) is 98.2 cm³/mol. The van der Waals surface area contributed by atoms with Gasteiger partial charge in [0.25, 0.3) is 0 Å². The standard InChI is InChI=1S/C21H36O4/c1-14-9-8-12-16(18(14)19(22)23)20(24)25-17(13-21(2,3)4)15-10-6-5-7-11-15/h14-18H,5-13H2,1-4H3,(H,22,23). The Kier molecular flexibility index (Phi) is 6.93. The van der Waals surface area contributed by atoms with E-state index < -0.39 is 17.8 Å². The topological polar surface area (TPSA) is 63.6 Å². The second-order valence-electron chi connectivity index (χ2n) is 9.52.